The van der Waals surface area contributed by atoms with Crippen LogP contribution < -0.4 is 10.5 Å². The van der Waals surface area contributed by atoms with E-state index >= 15 is 0 Å². The van der Waals surface area contributed by atoms with Gasteiger partial charge in [-0.25, -0.2) is 4.98 Å². The van der Waals surface area contributed by atoms with E-state index in [2.05, 4.69) is 9.88 Å². The van der Waals surface area contributed by atoms with Crippen LogP contribution in [0.1, 0.15) is 62.3 Å². The zero-order valence-corrected chi connectivity index (χ0v) is 18.1. The molecule has 1 aliphatic carbocycles. The third-order valence-corrected chi connectivity index (χ3v) is 6.52. The molecule has 5 nitrogen and oxygen atoms in total. The highest BCUT2D eigenvalue weighted by Crippen LogP contribution is 2.35. The van der Waals surface area contributed by atoms with Gasteiger partial charge in [0.25, 0.3) is 5.56 Å². The van der Waals surface area contributed by atoms with Gasteiger partial charge in [0.1, 0.15) is 0 Å². The fraction of sp³-hybridized carbons (Fsp3) is 0.565. The summed E-state index contributed by atoms with van der Waals surface area (Å²) >= 11 is 0. The first-order chi connectivity index (χ1) is 14.8. The first-order valence-corrected chi connectivity index (χ1v) is 11.1. The second kappa shape index (κ2) is 8.65. The summed E-state index contributed by atoms with van der Waals surface area (Å²) in [5.74, 6) is 0.420. The van der Waals surface area contributed by atoms with Gasteiger partial charge in [-0.15, -0.1) is 0 Å². The Morgan fingerprint density at radius 3 is 2.45 bits per heavy atom. The van der Waals surface area contributed by atoms with E-state index < -0.39 is 11.7 Å². The van der Waals surface area contributed by atoms with Crippen LogP contribution in [0, 0.1) is 6.92 Å². The summed E-state index contributed by atoms with van der Waals surface area (Å²) in [6, 6.07) is 5.60. The molecule has 0 spiro atoms. The van der Waals surface area contributed by atoms with Crippen molar-refractivity contribution < 1.29 is 13.2 Å². The van der Waals surface area contributed by atoms with Crippen LogP contribution in [0.3, 0.4) is 0 Å². The molecule has 0 saturated heterocycles. The van der Waals surface area contributed by atoms with Gasteiger partial charge in [0.15, 0.2) is 0 Å². The fourth-order valence-corrected chi connectivity index (χ4v) is 4.80. The van der Waals surface area contributed by atoms with Crippen molar-refractivity contribution in [2.75, 3.05) is 11.6 Å². The molecule has 1 saturated carbocycles. The average molecular weight is 435 g/mol. The number of anilines is 2. The average Bonchev–Trinajstić information content (AvgIpc) is 3.03. The summed E-state index contributed by atoms with van der Waals surface area (Å²) in [6.07, 6.45) is 2.92. The van der Waals surface area contributed by atoms with Crippen molar-refractivity contribution in [1.82, 2.24) is 14.5 Å². The molecule has 0 atom stereocenters. The van der Waals surface area contributed by atoms with E-state index in [0.717, 1.165) is 37.8 Å². The Labute approximate surface area is 180 Å². The third-order valence-electron chi connectivity index (χ3n) is 6.52. The Bertz CT molecular complexity index is 993. The number of aryl methyl sites for hydroxylation is 1. The third kappa shape index (κ3) is 4.35. The van der Waals surface area contributed by atoms with Gasteiger partial charge in [0, 0.05) is 23.0 Å². The lowest BCUT2D eigenvalue weighted by atomic mass is 10.1. The molecule has 1 fully saturated rings. The van der Waals surface area contributed by atoms with Gasteiger partial charge in [-0.1, -0.05) is 38.7 Å². The molecule has 2 aromatic rings. The molecule has 0 bridgehead atoms. The second-order valence-corrected chi connectivity index (χ2v) is 8.56. The normalized spacial score (nSPS) is 18.7. The zero-order valence-electron chi connectivity index (χ0n) is 18.1. The number of rotatable bonds is 3. The maximum Gasteiger partial charge on any atom is 0.416 e. The molecule has 0 unspecified atom stereocenters. The summed E-state index contributed by atoms with van der Waals surface area (Å²) in [5, 5.41) is 0. The van der Waals surface area contributed by atoms with Crippen LogP contribution >= 0.6 is 0 Å². The van der Waals surface area contributed by atoms with Gasteiger partial charge >= 0.3 is 6.18 Å². The van der Waals surface area contributed by atoms with Crippen LogP contribution in [-0.4, -0.2) is 27.2 Å². The van der Waals surface area contributed by atoms with E-state index in [-0.39, 0.29) is 5.56 Å². The first kappa shape index (κ1) is 21.9. The van der Waals surface area contributed by atoms with Crippen molar-refractivity contribution in [2.45, 2.75) is 77.7 Å². The zero-order chi connectivity index (χ0) is 22.2. The van der Waals surface area contributed by atoms with E-state index in [0.29, 0.717) is 48.7 Å². The summed E-state index contributed by atoms with van der Waals surface area (Å²) < 4.78 is 41.8. The van der Waals surface area contributed by atoms with Crippen molar-refractivity contribution in [2.24, 2.45) is 0 Å². The summed E-state index contributed by atoms with van der Waals surface area (Å²) in [5.41, 5.74) is 0.902. The van der Waals surface area contributed by atoms with E-state index in [1.165, 1.54) is 18.9 Å². The van der Waals surface area contributed by atoms with Crippen molar-refractivity contribution >= 4 is 11.6 Å². The monoisotopic (exact) mass is 434 g/mol. The Kier molecular flexibility index (Phi) is 6.10. The van der Waals surface area contributed by atoms with Crippen molar-refractivity contribution in [1.29, 1.82) is 0 Å². The van der Waals surface area contributed by atoms with Crippen molar-refractivity contribution in [3.63, 3.8) is 0 Å². The van der Waals surface area contributed by atoms with E-state index in [1.54, 1.807) is 22.5 Å². The Morgan fingerprint density at radius 2 is 1.81 bits per heavy atom. The maximum atomic E-state index is 13.4. The molecular weight excluding hydrogens is 405 g/mol. The number of halogens is 3. The first-order valence-electron chi connectivity index (χ1n) is 11.1. The highest BCUT2D eigenvalue weighted by molar-refractivity contribution is 5.59. The lowest BCUT2D eigenvalue weighted by molar-refractivity contribution is -0.137. The molecule has 0 N–H and O–H groups in total. The van der Waals surface area contributed by atoms with Crippen LogP contribution in [0.2, 0.25) is 0 Å². The number of hydrogen-bond acceptors (Lipinski definition) is 4. The molecule has 4 rings (SSSR count). The molecular formula is C23H29F3N4O. The number of nitrogens with zero attached hydrogens (tertiary/aromatic N) is 4. The number of aromatic nitrogens is 2. The predicted molar refractivity (Wildman–Crippen MR) is 114 cm³/mol. The van der Waals surface area contributed by atoms with Gasteiger partial charge in [-0.2, -0.15) is 13.2 Å². The molecule has 31 heavy (non-hydrogen) atoms. The van der Waals surface area contributed by atoms with Crippen LogP contribution in [-0.2, 0) is 19.3 Å². The number of fused-ring (bicyclic) bond motifs is 1. The van der Waals surface area contributed by atoms with Gasteiger partial charge < -0.3 is 0 Å². The van der Waals surface area contributed by atoms with E-state index in [9.17, 15) is 18.0 Å². The van der Waals surface area contributed by atoms with Gasteiger partial charge in [0.2, 0.25) is 5.95 Å². The molecule has 0 radical (unpaired) electrons. The molecule has 2 heterocycles. The summed E-state index contributed by atoms with van der Waals surface area (Å²) in [7, 11) is 0. The van der Waals surface area contributed by atoms with Crippen LogP contribution in [0.4, 0.5) is 24.8 Å². The lowest BCUT2D eigenvalue weighted by Gasteiger charge is -2.42. The summed E-state index contributed by atoms with van der Waals surface area (Å²) in [6.45, 7) is 4.57. The largest absolute Gasteiger partial charge is 0.416 e. The minimum Gasteiger partial charge on any atom is -0.298 e. The number of benzene rings is 1. The minimum atomic E-state index is -4.43. The molecule has 2 aliphatic rings. The minimum absolute atomic E-state index is 0.0969. The van der Waals surface area contributed by atoms with Crippen LogP contribution in [0.5, 0.6) is 0 Å². The fourth-order valence-electron chi connectivity index (χ4n) is 4.80. The van der Waals surface area contributed by atoms with E-state index in [1.807, 2.05) is 6.92 Å². The smallest absolute Gasteiger partial charge is 0.298 e. The van der Waals surface area contributed by atoms with Crippen molar-refractivity contribution in [3.8, 4) is 0 Å². The number of alkyl halides is 3. The Hall–Kier alpha value is -2.35. The Morgan fingerprint density at radius 1 is 1.10 bits per heavy atom. The van der Waals surface area contributed by atoms with Gasteiger partial charge in [-0.3, -0.25) is 19.2 Å². The van der Waals surface area contributed by atoms with Crippen LogP contribution in [0.25, 0.3) is 0 Å². The van der Waals surface area contributed by atoms with Crippen molar-refractivity contribution in [3.05, 3.63) is 51.4 Å². The molecule has 168 valence electrons. The highest BCUT2D eigenvalue weighted by atomic mass is 19.4. The highest BCUT2D eigenvalue weighted by Gasteiger charge is 2.34. The predicted octanol–water partition coefficient (Wildman–Crippen LogP) is 5.22. The topological polar surface area (TPSA) is 41.4 Å². The van der Waals surface area contributed by atoms with Gasteiger partial charge in [0.05, 0.1) is 18.9 Å². The van der Waals surface area contributed by atoms with Crippen LogP contribution in [0.15, 0.2) is 29.1 Å². The SMILES string of the molecule is CCc1c(C)nc2n(c1=O)CN(C1CCCCCC1)CN2c1cccc(C(F)(F)F)c1. The van der Waals surface area contributed by atoms with Gasteiger partial charge in [-0.05, 0) is 44.4 Å². The molecule has 0 amide bonds. The van der Waals surface area contributed by atoms with E-state index in [4.69, 9.17) is 0 Å². The Balaban J connectivity index is 1.81. The molecule has 1 aromatic carbocycles. The molecule has 8 heteroatoms. The lowest BCUT2D eigenvalue weighted by Crippen LogP contribution is -2.51. The molecule has 1 aliphatic heterocycles. The molecule has 1 aromatic heterocycles. The quantitative estimate of drug-likeness (QED) is 0.621. The maximum absolute atomic E-state index is 13.4. The standard InChI is InChI=1S/C23H29F3N4O/c1-3-20-16(2)27-22-29(19-12-8-9-17(13-19)23(24,25)26)14-28(15-30(22)21(20)31)18-10-6-4-5-7-11-18/h8-9,12-13,18H,3-7,10-11,14-15H2,1-2H3. The summed E-state index contributed by atoms with van der Waals surface area (Å²) in [4.78, 5) is 21.9. The number of hydrogen-bond donors (Lipinski definition) is 0. The second-order valence-electron chi connectivity index (χ2n) is 8.56.